The minimum absolute atomic E-state index is 0.00729. The van der Waals surface area contributed by atoms with Gasteiger partial charge in [0.1, 0.15) is 6.04 Å². The second kappa shape index (κ2) is 7.76. The summed E-state index contributed by atoms with van der Waals surface area (Å²) in [4.78, 5) is 34.7. The van der Waals surface area contributed by atoms with Crippen LogP contribution in [0.15, 0.2) is 24.3 Å². The molecule has 1 atom stereocenters. The van der Waals surface area contributed by atoms with E-state index in [9.17, 15) is 14.4 Å². The lowest BCUT2D eigenvalue weighted by atomic mass is 9.86. The molecule has 2 amide bonds. The van der Waals surface area contributed by atoms with Crippen molar-refractivity contribution in [2.24, 2.45) is 5.73 Å². The van der Waals surface area contributed by atoms with Crippen LogP contribution in [0.4, 0.5) is 0 Å². The number of esters is 1. The van der Waals surface area contributed by atoms with Crippen LogP contribution >= 0.6 is 0 Å². The number of rotatable bonds is 6. The summed E-state index contributed by atoms with van der Waals surface area (Å²) in [5.41, 5.74) is 6.79. The van der Waals surface area contributed by atoms with Gasteiger partial charge in [-0.15, -0.1) is 0 Å². The number of nitrogens with one attached hydrogen (secondary N) is 1. The first-order chi connectivity index (χ1) is 10.6. The molecule has 0 aliphatic carbocycles. The molecule has 0 bridgehead atoms. The summed E-state index contributed by atoms with van der Waals surface area (Å²) in [7, 11) is 1.26. The summed E-state index contributed by atoms with van der Waals surface area (Å²) in [6, 6.07) is 6.25. The first-order valence-electron chi connectivity index (χ1n) is 7.42. The molecule has 0 aromatic heterocycles. The third-order valence-corrected chi connectivity index (χ3v) is 3.53. The molecule has 1 aromatic rings. The lowest BCUT2D eigenvalue weighted by Crippen LogP contribution is -2.44. The Kier molecular flexibility index (Phi) is 6.30. The third-order valence-electron chi connectivity index (χ3n) is 3.53. The highest BCUT2D eigenvalue weighted by Gasteiger charge is 2.21. The molecular weight excluding hydrogens is 296 g/mol. The highest BCUT2D eigenvalue weighted by molar-refractivity contribution is 5.97. The fourth-order valence-electron chi connectivity index (χ4n) is 2.01. The summed E-state index contributed by atoms with van der Waals surface area (Å²) in [6.07, 6.45) is 0.112. The smallest absolute Gasteiger partial charge is 0.305 e. The van der Waals surface area contributed by atoms with Crippen molar-refractivity contribution < 1.29 is 19.1 Å². The van der Waals surface area contributed by atoms with E-state index in [-0.39, 0.29) is 18.3 Å². The van der Waals surface area contributed by atoms with Crippen LogP contribution in [-0.4, -0.2) is 30.9 Å². The summed E-state index contributed by atoms with van der Waals surface area (Å²) in [5.74, 6) is -1.55. The normalized spacial score (nSPS) is 12.3. The molecule has 0 fully saturated rings. The highest BCUT2D eigenvalue weighted by Crippen LogP contribution is 2.22. The third kappa shape index (κ3) is 5.73. The Morgan fingerprint density at radius 3 is 2.17 bits per heavy atom. The van der Waals surface area contributed by atoms with Gasteiger partial charge in [-0.2, -0.15) is 0 Å². The number of carbonyl (C=O) groups is 3. The Morgan fingerprint density at radius 2 is 1.74 bits per heavy atom. The van der Waals surface area contributed by atoms with Crippen LogP contribution < -0.4 is 11.1 Å². The van der Waals surface area contributed by atoms with Gasteiger partial charge in [0.05, 0.1) is 7.11 Å². The Morgan fingerprint density at radius 1 is 1.17 bits per heavy atom. The minimum Gasteiger partial charge on any atom is -0.469 e. The fraction of sp³-hybridized carbons (Fsp3) is 0.471. The van der Waals surface area contributed by atoms with Crippen molar-refractivity contribution in [1.29, 1.82) is 0 Å². The number of hydrogen-bond donors (Lipinski definition) is 2. The Labute approximate surface area is 136 Å². The topological polar surface area (TPSA) is 98.5 Å². The number of primary amides is 1. The van der Waals surface area contributed by atoms with Crippen molar-refractivity contribution in [2.45, 2.75) is 45.1 Å². The first kappa shape index (κ1) is 18.7. The van der Waals surface area contributed by atoms with Gasteiger partial charge in [0.25, 0.3) is 5.91 Å². The van der Waals surface area contributed by atoms with Crippen molar-refractivity contribution in [3.8, 4) is 0 Å². The van der Waals surface area contributed by atoms with Crippen LogP contribution in [0.3, 0.4) is 0 Å². The zero-order chi connectivity index (χ0) is 17.6. The quantitative estimate of drug-likeness (QED) is 0.776. The first-order valence-corrected chi connectivity index (χ1v) is 7.42. The van der Waals surface area contributed by atoms with Crippen LogP contribution in [0.1, 0.15) is 49.5 Å². The molecule has 6 heteroatoms. The molecule has 0 spiro atoms. The number of carbonyl (C=O) groups excluding carboxylic acids is 3. The van der Waals surface area contributed by atoms with Gasteiger partial charge >= 0.3 is 5.97 Å². The molecule has 0 aliphatic rings. The van der Waals surface area contributed by atoms with E-state index in [1.54, 1.807) is 12.1 Å². The fourth-order valence-corrected chi connectivity index (χ4v) is 2.01. The van der Waals surface area contributed by atoms with E-state index in [0.29, 0.717) is 5.56 Å². The summed E-state index contributed by atoms with van der Waals surface area (Å²) in [6.45, 7) is 6.24. The van der Waals surface area contributed by atoms with Gasteiger partial charge in [0.15, 0.2) is 0 Å². The Hall–Kier alpha value is -2.37. The largest absolute Gasteiger partial charge is 0.469 e. The monoisotopic (exact) mass is 320 g/mol. The van der Waals surface area contributed by atoms with E-state index in [1.165, 1.54) is 7.11 Å². The van der Waals surface area contributed by atoms with Gasteiger partial charge in [-0.1, -0.05) is 32.9 Å². The maximum absolute atomic E-state index is 12.2. The van der Waals surface area contributed by atoms with E-state index in [1.807, 2.05) is 12.1 Å². The van der Waals surface area contributed by atoms with Crippen LogP contribution in [-0.2, 0) is 19.7 Å². The minimum atomic E-state index is -0.913. The van der Waals surface area contributed by atoms with Gasteiger partial charge < -0.3 is 15.8 Å². The number of nitrogens with two attached hydrogens (primary N) is 1. The lowest BCUT2D eigenvalue weighted by Gasteiger charge is -2.19. The average molecular weight is 320 g/mol. The molecule has 0 radical (unpaired) electrons. The van der Waals surface area contributed by atoms with Crippen molar-refractivity contribution in [3.05, 3.63) is 35.4 Å². The van der Waals surface area contributed by atoms with Crippen molar-refractivity contribution in [1.82, 2.24) is 5.32 Å². The molecule has 126 valence electrons. The number of hydrogen-bond acceptors (Lipinski definition) is 4. The molecule has 0 unspecified atom stereocenters. The number of benzene rings is 1. The maximum atomic E-state index is 12.2. The second-order valence-electron chi connectivity index (χ2n) is 6.37. The molecule has 1 aromatic carbocycles. The van der Waals surface area contributed by atoms with Gasteiger partial charge in [0, 0.05) is 12.0 Å². The summed E-state index contributed by atoms with van der Waals surface area (Å²) < 4.78 is 4.51. The molecule has 23 heavy (non-hydrogen) atoms. The molecule has 0 saturated carbocycles. The zero-order valence-corrected chi connectivity index (χ0v) is 14.0. The molecule has 6 nitrogen and oxygen atoms in total. The SMILES string of the molecule is COC(=O)CC[C@H](NC(=O)c1ccc(C(C)(C)C)cc1)C(N)=O. The van der Waals surface area contributed by atoms with Crippen LogP contribution in [0, 0.1) is 0 Å². The van der Waals surface area contributed by atoms with Gasteiger partial charge in [-0.05, 0) is 29.5 Å². The summed E-state index contributed by atoms with van der Waals surface area (Å²) >= 11 is 0. The number of methoxy groups -OCH3 is 1. The van der Waals surface area contributed by atoms with Crippen LogP contribution in [0.25, 0.3) is 0 Å². The van der Waals surface area contributed by atoms with Crippen LogP contribution in [0.5, 0.6) is 0 Å². The number of amides is 2. The van der Waals surface area contributed by atoms with Gasteiger partial charge in [-0.25, -0.2) is 0 Å². The Bertz CT molecular complexity index is 573. The molecule has 0 saturated heterocycles. The van der Waals surface area contributed by atoms with Crippen LogP contribution in [0.2, 0.25) is 0 Å². The highest BCUT2D eigenvalue weighted by atomic mass is 16.5. The molecule has 1 rings (SSSR count). The molecule has 0 heterocycles. The van der Waals surface area contributed by atoms with Gasteiger partial charge in [0.2, 0.25) is 5.91 Å². The van der Waals surface area contributed by atoms with Crippen molar-refractivity contribution >= 4 is 17.8 Å². The predicted molar refractivity (Wildman–Crippen MR) is 86.8 cm³/mol. The van der Waals surface area contributed by atoms with E-state index in [4.69, 9.17) is 5.73 Å². The van der Waals surface area contributed by atoms with E-state index < -0.39 is 23.8 Å². The van der Waals surface area contributed by atoms with Gasteiger partial charge in [-0.3, -0.25) is 14.4 Å². The van der Waals surface area contributed by atoms with E-state index in [2.05, 4.69) is 30.8 Å². The molecule has 3 N–H and O–H groups in total. The standard InChI is InChI=1S/C17H24N2O4/c1-17(2,3)12-7-5-11(6-8-12)16(22)19-13(15(18)21)9-10-14(20)23-4/h5-8,13H,9-10H2,1-4H3,(H2,18,21)(H,19,22)/t13-/m0/s1. The summed E-state index contributed by atoms with van der Waals surface area (Å²) in [5, 5.41) is 2.55. The van der Waals surface area contributed by atoms with E-state index >= 15 is 0 Å². The predicted octanol–water partition coefficient (Wildman–Crippen LogP) is 1.52. The lowest BCUT2D eigenvalue weighted by molar-refractivity contribution is -0.140. The molecule has 0 aliphatic heterocycles. The molecular formula is C17H24N2O4. The van der Waals surface area contributed by atoms with E-state index in [0.717, 1.165) is 5.56 Å². The average Bonchev–Trinajstić information content (AvgIpc) is 2.49. The van der Waals surface area contributed by atoms with Crippen molar-refractivity contribution in [3.63, 3.8) is 0 Å². The second-order valence-corrected chi connectivity index (χ2v) is 6.37. The van der Waals surface area contributed by atoms with Crippen molar-refractivity contribution in [2.75, 3.05) is 7.11 Å². The number of ether oxygens (including phenoxy) is 1. The maximum Gasteiger partial charge on any atom is 0.305 e. The zero-order valence-electron chi connectivity index (χ0n) is 14.0. The Balaban J connectivity index is 2.75.